The van der Waals surface area contributed by atoms with Gasteiger partial charge in [-0.3, -0.25) is 4.90 Å². The van der Waals surface area contributed by atoms with Gasteiger partial charge in [0.1, 0.15) is 0 Å². The van der Waals surface area contributed by atoms with E-state index in [2.05, 4.69) is 31.9 Å². The molecular formula is C13H21ClN2. The van der Waals surface area contributed by atoms with Crippen LogP contribution in [0.4, 0.5) is 0 Å². The molecule has 1 aromatic carbocycles. The average molecular weight is 241 g/mol. The third kappa shape index (κ3) is 2.97. The maximum absolute atomic E-state index is 6.15. The first-order valence-corrected chi connectivity index (χ1v) is 6.06. The Labute approximate surface area is 103 Å². The predicted molar refractivity (Wildman–Crippen MR) is 70.7 cm³/mol. The molecule has 90 valence electrons. The SMILES string of the molecule is CCC(C)(CN)N(C)Cc1ccccc1Cl. The highest BCUT2D eigenvalue weighted by Crippen LogP contribution is 2.22. The van der Waals surface area contributed by atoms with Crippen molar-refractivity contribution in [2.75, 3.05) is 13.6 Å². The normalized spacial score (nSPS) is 15.1. The summed E-state index contributed by atoms with van der Waals surface area (Å²) in [6.45, 7) is 5.84. The number of nitrogens with two attached hydrogens (primary N) is 1. The van der Waals surface area contributed by atoms with E-state index in [1.807, 2.05) is 18.2 Å². The lowest BCUT2D eigenvalue weighted by atomic mass is 9.96. The van der Waals surface area contributed by atoms with Crippen LogP contribution in [-0.2, 0) is 6.54 Å². The first-order chi connectivity index (χ1) is 7.53. The second-order valence-corrected chi connectivity index (χ2v) is 4.91. The molecule has 0 bridgehead atoms. The van der Waals surface area contributed by atoms with Gasteiger partial charge >= 0.3 is 0 Å². The third-order valence-electron chi connectivity index (χ3n) is 3.49. The molecule has 0 aliphatic carbocycles. The number of nitrogens with zero attached hydrogens (tertiary/aromatic N) is 1. The molecule has 0 aliphatic heterocycles. The number of halogens is 1. The topological polar surface area (TPSA) is 29.3 Å². The Morgan fingerprint density at radius 3 is 2.50 bits per heavy atom. The van der Waals surface area contributed by atoms with Crippen molar-refractivity contribution in [2.24, 2.45) is 5.73 Å². The molecule has 1 rings (SSSR count). The van der Waals surface area contributed by atoms with Crippen molar-refractivity contribution < 1.29 is 0 Å². The summed E-state index contributed by atoms with van der Waals surface area (Å²) >= 11 is 6.15. The summed E-state index contributed by atoms with van der Waals surface area (Å²) in [6, 6.07) is 7.95. The van der Waals surface area contributed by atoms with E-state index in [0.717, 1.165) is 23.6 Å². The van der Waals surface area contributed by atoms with Crippen LogP contribution in [0, 0.1) is 0 Å². The van der Waals surface area contributed by atoms with Crippen LogP contribution in [0.15, 0.2) is 24.3 Å². The Hall–Kier alpha value is -0.570. The molecule has 0 fully saturated rings. The van der Waals surface area contributed by atoms with Gasteiger partial charge in [-0.2, -0.15) is 0 Å². The van der Waals surface area contributed by atoms with Gasteiger partial charge in [0, 0.05) is 23.7 Å². The third-order valence-corrected chi connectivity index (χ3v) is 3.86. The van der Waals surface area contributed by atoms with Gasteiger partial charge in [-0.15, -0.1) is 0 Å². The number of hydrogen-bond donors (Lipinski definition) is 1. The van der Waals surface area contributed by atoms with Crippen molar-refractivity contribution >= 4 is 11.6 Å². The molecule has 0 saturated carbocycles. The molecular weight excluding hydrogens is 220 g/mol. The fraction of sp³-hybridized carbons (Fsp3) is 0.538. The van der Waals surface area contributed by atoms with Crippen LogP contribution in [0.1, 0.15) is 25.8 Å². The second kappa shape index (κ2) is 5.67. The molecule has 0 saturated heterocycles. The Morgan fingerprint density at radius 1 is 1.38 bits per heavy atom. The molecule has 3 heteroatoms. The zero-order chi connectivity index (χ0) is 12.2. The van der Waals surface area contributed by atoms with Crippen molar-refractivity contribution in [1.29, 1.82) is 0 Å². The van der Waals surface area contributed by atoms with E-state index in [9.17, 15) is 0 Å². The van der Waals surface area contributed by atoms with Crippen LogP contribution in [0.5, 0.6) is 0 Å². The number of rotatable bonds is 5. The molecule has 0 aliphatic rings. The summed E-state index contributed by atoms with van der Waals surface area (Å²) in [6.07, 6.45) is 1.03. The van der Waals surface area contributed by atoms with Crippen LogP contribution in [0.2, 0.25) is 5.02 Å². The van der Waals surface area contributed by atoms with Crippen LogP contribution in [-0.4, -0.2) is 24.0 Å². The van der Waals surface area contributed by atoms with Crippen LogP contribution >= 0.6 is 11.6 Å². The van der Waals surface area contributed by atoms with E-state index in [-0.39, 0.29) is 5.54 Å². The molecule has 0 spiro atoms. The van der Waals surface area contributed by atoms with Gasteiger partial charge in [0.25, 0.3) is 0 Å². The first-order valence-electron chi connectivity index (χ1n) is 5.68. The van der Waals surface area contributed by atoms with Crippen molar-refractivity contribution in [3.05, 3.63) is 34.9 Å². The van der Waals surface area contributed by atoms with E-state index in [1.165, 1.54) is 0 Å². The molecule has 0 aromatic heterocycles. The van der Waals surface area contributed by atoms with Crippen LogP contribution in [0.3, 0.4) is 0 Å². The largest absolute Gasteiger partial charge is 0.329 e. The Kier molecular flexibility index (Phi) is 4.78. The van der Waals surface area contributed by atoms with Gasteiger partial charge in [0.15, 0.2) is 0 Å². The highest BCUT2D eigenvalue weighted by Gasteiger charge is 2.25. The van der Waals surface area contributed by atoms with Gasteiger partial charge in [-0.05, 0) is 32.0 Å². The minimum atomic E-state index is 0.0408. The summed E-state index contributed by atoms with van der Waals surface area (Å²) in [5.41, 5.74) is 7.03. The molecule has 2 N–H and O–H groups in total. The van der Waals surface area contributed by atoms with Crippen molar-refractivity contribution in [2.45, 2.75) is 32.4 Å². The fourth-order valence-electron chi connectivity index (χ4n) is 1.64. The number of benzene rings is 1. The molecule has 0 heterocycles. The summed E-state index contributed by atoms with van der Waals surface area (Å²) in [4.78, 5) is 2.27. The van der Waals surface area contributed by atoms with E-state index in [4.69, 9.17) is 17.3 Å². The molecule has 0 radical (unpaired) electrons. The smallest absolute Gasteiger partial charge is 0.0451 e. The number of likely N-dealkylation sites (N-methyl/N-ethyl adjacent to an activating group) is 1. The van der Waals surface area contributed by atoms with Gasteiger partial charge in [-0.25, -0.2) is 0 Å². The highest BCUT2D eigenvalue weighted by molar-refractivity contribution is 6.31. The van der Waals surface area contributed by atoms with Crippen molar-refractivity contribution in [3.8, 4) is 0 Å². The average Bonchev–Trinajstić information content (AvgIpc) is 2.31. The lowest BCUT2D eigenvalue weighted by Crippen LogP contribution is -2.48. The Bertz CT molecular complexity index is 334. The Morgan fingerprint density at radius 2 is 2.00 bits per heavy atom. The quantitative estimate of drug-likeness (QED) is 0.858. The zero-order valence-corrected chi connectivity index (χ0v) is 11.1. The summed E-state index contributed by atoms with van der Waals surface area (Å²) in [5, 5.41) is 0.824. The predicted octanol–water partition coefficient (Wildman–Crippen LogP) is 2.90. The van der Waals surface area contributed by atoms with E-state index in [0.29, 0.717) is 6.54 Å². The molecule has 2 nitrogen and oxygen atoms in total. The second-order valence-electron chi connectivity index (χ2n) is 4.50. The van der Waals surface area contributed by atoms with E-state index in [1.54, 1.807) is 0 Å². The van der Waals surface area contributed by atoms with Crippen LogP contribution in [0.25, 0.3) is 0 Å². The van der Waals surface area contributed by atoms with Gasteiger partial charge in [0.05, 0.1) is 0 Å². The van der Waals surface area contributed by atoms with Gasteiger partial charge in [-0.1, -0.05) is 36.7 Å². The highest BCUT2D eigenvalue weighted by atomic mass is 35.5. The van der Waals surface area contributed by atoms with E-state index >= 15 is 0 Å². The standard InChI is InChI=1S/C13H21ClN2/c1-4-13(2,10-15)16(3)9-11-7-5-6-8-12(11)14/h5-8H,4,9-10,15H2,1-3H3. The van der Waals surface area contributed by atoms with Gasteiger partial charge < -0.3 is 5.73 Å². The molecule has 16 heavy (non-hydrogen) atoms. The van der Waals surface area contributed by atoms with Crippen molar-refractivity contribution in [1.82, 2.24) is 4.90 Å². The summed E-state index contributed by atoms with van der Waals surface area (Å²) in [5.74, 6) is 0. The lowest BCUT2D eigenvalue weighted by Gasteiger charge is -2.37. The van der Waals surface area contributed by atoms with Crippen LogP contribution < -0.4 is 5.73 Å². The van der Waals surface area contributed by atoms with E-state index < -0.39 is 0 Å². The maximum Gasteiger partial charge on any atom is 0.0451 e. The summed E-state index contributed by atoms with van der Waals surface area (Å²) in [7, 11) is 2.10. The molecule has 1 unspecified atom stereocenters. The monoisotopic (exact) mass is 240 g/mol. The first kappa shape index (κ1) is 13.5. The molecule has 1 atom stereocenters. The number of hydrogen-bond acceptors (Lipinski definition) is 2. The molecule has 0 amide bonds. The summed E-state index contributed by atoms with van der Waals surface area (Å²) < 4.78 is 0. The van der Waals surface area contributed by atoms with Gasteiger partial charge in [0.2, 0.25) is 0 Å². The van der Waals surface area contributed by atoms with Crippen molar-refractivity contribution in [3.63, 3.8) is 0 Å². The fourth-order valence-corrected chi connectivity index (χ4v) is 1.84. The minimum Gasteiger partial charge on any atom is -0.329 e. The maximum atomic E-state index is 6.15. The minimum absolute atomic E-state index is 0.0408. The zero-order valence-electron chi connectivity index (χ0n) is 10.3. The molecule has 1 aromatic rings. The lowest BCUT2D eigenvalue weighted by molar-refractivity contribution is 0.132. The Balaban J connectivity index is 2.78.